The van der Waals surface area contributed by atoms with E-state index in [1.807, 2.05) is 30.3 Å². The van der Waals surface area contributed by atoms with Crippen LogP contribution < -0.4 is 0 Å². The highest BCUT2D eigenvalue weighted by Gasteiger charge is 2.13. The van der Waals surface area contributed by atoms with Crippen LogP contribution in [0.1, 0.15) is 11.1 Å². The van der Waals surface area contributed by atoms with Crippen LogP contribution in [-0.4, -0.2) is 10.9 Å². The van der Waals surface area contributed by atoms with Gasteiger partial charge in [-0.3, -0.25) is 10.1 Å². The maximum absolute atomic E-state index is 11.9. The molecule has 0 saturated carbocycles. The third kappa shape index (κ3) is 3.76. The normalized spacial score (nSPS) is 9.90. The molecule has 0 spiro atoms. The number of hydrogen-bond donors (Lipinski definition) is 0. The first kappa shape index (κ1) is 14.5. The fraction of sp³-hybridized carbons (Fsp3) is 0.0625. The van der Waals surface area contributed by atoms with Crippen molar-refractivity contribution < 1.29 is 14.5 Å². The molecule has 0 aromatic heterocycles. The zero-order valence-electron chi connectivity index (χ0n) is 11.2. The van der Waals surface area contributed by atoms with Gasteiger partial charge in [-0.15, -0.1) is 0 Å². The Balaban J connectivity index is 1.99. The summed E-state index contributed by atoms with van der Waals surface area (Å²) < 4.78 is 5.15. The molecule has 0 aliphatic heterocycles. The van der Waals surface area contributed by atoms with Crippen LogP contribution >= 0.6 is 0 Å². The first-order chi connectivity index (χ1) is 10.1. The Morgan fingerprint density at radius 3 is 2.29 bits per heavy atom. The molecule has 21 heavy (non-hydrogen) atoms. The van der Waals surface area contributed by atoms with Crippen molar-refractivity contribution in [1.82, 2.24) is 0 Å². The van der Waals surface area contributed by atoms with E-state index in [9.17, 15) is 14.9 Å². The van der Waals surface area contributed by atoms with Crippen LogP contribution in [0.3, 0.4) is 0 Å². The van der Waals surface area contributed by atoms with Crippen molar-refractivity contribution in [2.45, 2.75) is 6.61 Å². The third-order valence-corrected chi connectivity index (χ3v) is 2.89. The summed E-state index contributed by atoms with van der Waals surface area (Å²) in [5.41, 5.74) is 1.51. The van der Waals surface area contributed by atoms with Crippen LogP contribution in [0.25, 0.3) is 5.57 Å². The molecule has 2 aromatic carbocycles. The number of carbonyl (C=O) groups is 1. The fourth-order valence-electron chi connectivity index (χ4n) is 1.71. The predicted molar refractivity (Wildman–Crippen MR) is 78.4 cm³/mol. The van der Waals surface area contributed by atoms with E-state index >= 15 is 0 Å². The topological polar surface area (TPSA) is 69.4 Å². The van der Waals surface area contributed by atoms with Gasteiger partial charge in [-0.05, 0) is 23.3 Å². The molecule has 0 aliphatic carbocycles. The van der Waals surface area contributed by atoms with E-state index in [-0.39, 0.29) is 17.9 Å². The molecule has 106 valence electrons. The molecule has 0 saturated heterocycles. The lowest BCUT2D eigenvalue weighted by atomic mass is 10.1. The number of rotatable bonds is 5. The smallest absolute Gasteiger partial charge is 0.338 e. The van der Waals surface area contributed by atoms with E-state index in [2.05, 4.69) is 6.58 Å². The Labute approximate surface area is 121 Å². The number of nitro benzene ring substituents is 1. The highest BCUT2D eigenvalue weighted by Crippen LogP contribution is 2.19. The van der Waals surface area contributed by atoms with Crippen LogP contribution in [-0.2, 0) is 16.1 Å². The molecule has 0 unspecified atom stereocenters. The van der Waals surface area contributed by atoms with Gasteiger partial charge in [0.15, 0.2) is 0 Å². The molecule has 0 aliphatic rings. The molecule has 2 aromatic rings. The first-order valence-corrected chi connectivity index (χ1v) is 6.22. The largest absolute Gasteiger partial charge is 0.457 e. The number of hydrogen-bond acceptors (Lipinski definition) is 4. The quantitative estimate of drug-likeness (QED) is 0.365. The van der Waals surface area contributed by atoms with Gasteiger partial charge < -0.3 is 4.74 Å². The highest BCUT2D eigenvalue weighted by molar-refractivity contribution is 6.15. The number of esters is 1. The molecule has 0 N–H and O–H groups in total. The van der Waals surface area contributed by atoms with Crippen molar-refractivity contribution in [1.29, 1.82) is 0 Å². The molecule has 5 nitrogen and oxygen atoms in total. The lowest BCUT2D eigenvalue weighted by Gasteiger charge is -2.07. The number of non-ortho nitro benzene ring substituents is 1. The summed E-state index contributed by atoms with van der Waals surface area (Å²) in [5, 5.41) is 10.6. The van der Waals surface area contributed by atoms with Crippen molar-refractivity contribution >= 4 is 17.2 Å². The number of nitro groups is 1. The monoisotopic (exact) mass is 283 g/mol. The number of carbonyl (C=O) groups excluding carboxylic acids is 1. The Morgan fingerprint density at radius 2 is 1.71 bits per heavy atom. The van der Waals surface area contributed by atoms with Crippen LogP contribution in [0.4, 0.5) is 5.69 Å². The van der Waals surface area contributed by atoms with Gasteiger partial charge in [0.2, 0.25) is 0 Å². The van der Waals surface area contributed by atoms with Gasteiger partial charge in [-0.25, -0.2) is 4.79 Å². The predicted octanol–water partition coefficient (Wildman–Crippen LogP) is 3.35. The summed E-state index contributed by atoms with van der Waals surface area (Å²) in [6, 6.07) is 14.9. The number of benzene rings is 2. The molecule has 0 amide bonds. The minimum absolute atomic E-state index is 0.0378. The van der Waals surface area contributed by atoms with Crippen LogP contribution in [0.2, 0.25) is 0 Å². The van der Waals surface area contributed by atoms with Crippen molar-refractivity contribution in [3.63, 3.8) is 0 Å². The second-order valence-corrected chi connectivity index (χ2v) is 4.34. The van der Waals surface area contributed by atoms with Crippen LogP contribution in [0.5, 0.6) is 0 Å². The Bertz CT molecular complexity index is 662. The van der Waals surface area contributed by atoms with E-state index < -0.39 is 10.9 Å². The summed E-state index contributed by atoms with van der Waals surface area (Å²) in [4.78, 5) is 21.9. The van der Waals surface area contributed by atoms with Crippen molar-refractivity contribution in [3.05, 3.63) is 82.4 Å². The molecule has 0 fully saturated rings. The van der Waals surface area contributed by atoms with Crippen molar-refractivity contribution in [2.24, 2.45) is 0 Å². The molecule has 5 heteroatoms. The SMILES string of the molecule is C=C(C(=O)OCc1ccccc1)c1ccc([N+](=O)[O-])cc1. The summed E-state index contributed by atoms with van der Waals surface area (Å²) in [5.74, 6) is -0.548. The van der Waals surface area contributed by atoms with Gasteiger partial charge in [-0.2, -0.15) is 0 Å². The lowest BCUT2D eigenvalue weighted by molar-refractivity contribution is -0.384. The van der Waals surface area contributed by atoms with E-state index in [1.165, 1.54) is 24.3 Å². The van der Waals surface area contributed by atoms with Gasteiger partial charge in [0, 0.05) is 12.1 Å². The average molecular weight is 283 g/mol. The average Bonchev–Trinajstić information content (AvgIpc) is 2.53. The minimum atomic E-state index is -0.548. The third-order valence-electron chi connectivity index (χ3n) is 2.89. The molecule has 0 atom stereocenters. The van der Waals surface area contributed by atoms with Gasteiger partial charge >= 0.3 is 5.97 Å². The first-order valence-electron chi connectivity index (χ1n) is 6.22. The fourth-order valence-corrected chi connectivity index (χ4v) is 1.71. The summed E-state index contributed by atoms with van der Waals surface area (Å²) in [6.07, 6.45) is 0. The minimum Gasteiger partial charge on any atom is -0.457 e. The van der Waals surface area contributed by atoms with Crippen molar-refractivity contribution in [3.8, 4) is 0 Å². The van der Waals surface area contributed by atoms with E-state index in [0.29, 0.717) is 5.56 Å². The summed E-state index contributed by atoms with van der Waals surface area (Å²) in [6.45, 7) is 3.83. The van der Waals surface area contributed by atoms with E-state index in [1.54, 1.807) is 0 Å². The Morgan fingerprint density at radius 1 is 1.10 bits per heavy atom. The number of ether oxygens (including phenoxy) is 1. The van der Waals surface area contributed by atoms with Gasteiger partial charge in [-0.1, -0.05) is 36.9 Å². The number of nitrogens with zero attached hydrogens (tertiary/aromatic N) is 1. The molecule has 2 rings (SSSR count). The van der Waals surface area contributed by atoms with Gasteiger partial charge in [0.1, 0.15) is 6.61 Å². The maximum atomic E-state index is 11.9. The zero-order valence-corrected chi connectivity index (χ0v) is 11.2. The Kier molecular flexibility index (Phi) is 4.46. The van der Waals surface area contributed by atoms with Crippen molar-refractivity contribution in [2.75, 3.05) is 0 Å². The van der Waals surface area contributed by atoms with Gasteiger partial charge in [0.05, 0.1) is 10.5 Å². The lowest BCUT2D eigenvalue weighted by Crippen LogP contribution is -2.06. The van der Waals surface area contributed by atoms with Crippen LogP contribution in [0, 0.1) is 10.1 Å². The molecule has 0 heterocycles. The Hall–Kier alpha value is -2.95. The molecule has 0 radical (unpaired) electrons. The summed E-state index contributed by atoms with van der Waals surface area (Å²) in [7, 11) is 0. The van der Waals surface area contributed by atoms with Crippen LogP contribution in [0.15, 0.2) is 61.2 Å². The maximum Gasteiger partial charge on any atom is 0.338 e. The standard InChI is InChI=1S/C16H13NO4/c1-12(14-7-9-15(10-8-14)17(19)20)16(18)21-11-13-5-3-2-4-6-13/h2-10H,1,11H2. The molecule has 0 bridgehead atoms. The zero-order chi connectivity index (χ0) is 15.2. The highest BCUT2D eigenvalue weighted by atomic mass is 16.6. The summed E-state index contributed by atoms with van der Waals surface area (Å²) >= 11 is 0. The molecular formula is C16H13NO4. The van der Waals surface area contributed by atoms with E-state index in [4.69, 9.17) is 4.74 Å². The second-order valence-electron chi connectivity index (χ2n) is 4.34. The van der Waals surface area contributed by atoms with Gasteiger partial charge in [0.25, 0.3) is 5.69 Å². The second kappa shape index (κ2) is 6.47. The molecular weight excluding hydrogens is 270 g/mol. The van der Waals surface area contributed by atoms with E-state index in [0.717, 1.165) is 5.56 Å².